The van der Waals surface area contributed by atoms with E-state index in [1.165, 1.54) is 6.07 Å². The second kappa shape index (κ2) is 5.97. The zero-order chi connectivity index (χ0) is 14.8. The second-order valence-electron chi connectivity index (χ2n) is 4.86. The molecule has 0 radical (unpaired) electrons. The summed E-state index contributed by atoms with van der Waals surface area (Å²) in [6.07, 6.45) is 0.650. The monoisotopic (exact) mass is 348 g/mol. The second-order valence-corrected chi connectivity index (χ2v) is 5.78. The molecule has 3 aromatic rings. The Morgan fingerprint density at radius 2 is 2.00 bits per heavy atom. The van der Waals surface area contributed by atoms with Gasteiger partial charge in [0.05, 0.1) is 6.04 Å². The predicted octanol–water partition coefficient (Wildman–Crippen LogP) is 4.08. The van der Waals surface area contributed by atoms with Crippen molar-refractivity contribution in [1.29, 1.82) is 0 Å². The number of hydrogen-bond donors (Lipinski definition) is 2. The quantitative estimate of drug-likeness (QED) is 0.551. The fourth-order valence-electron chi connectivity index (χ4n) is 2.36. The highest BCUT2D eigenvalue weighted by Gasteiger charge is 2.17. The molecule has 0 aliphatic heterocycles. The number of nitrogens with two attached hydrogens (primary N) is 1. The first-order valence-electron chi connectivity index (χ1n) is 6.56. The van der Waals surface area contributed by atoms with Crippen LogP contribution in [0.5, 0.6) is 0 Å². The van der Waals surface area contributed by atoms with Crippen LogP contribution >= 0.6 is 15.9 Å². The molecular weight excluding hydrogens is 335 g/mol. The molecule has 5 heteroatoms. The van der Waals surface area contributed by atoms with E-state index >= 15 is 0 Å². The Labute approximate surface area is 130 Å². The van der Waals surface area contributed by atoms with Crippen LogP contribution < -0.4 is 11.3 Å². The molecule has 0 saturated heterocycles. The topological polar surface area (TPSA) is 51.2 Å². The van der Waals surface area contributed by atoms with Gasteiger partial charge in [-0.25, -0.2) is 9.82 Å². The lowest BCUT2D eigenvalue weighted by Crippen LogP contribution is -2.29. The largest absolute Gasteiger partial charge is 0.456 e. The average Bonchev–Trinajstić information content (AvgIpc) is 2.90. The van der Waals surface area contributed by atoms with Crippen molar-refractivity contribution in [2.24, 2.45) is 5.84 Å². The van der Waals surface area contributed by atoms with Crippen LogP contribution in [0.3, 0.4) is 0 Å². The molecule has 2 aromatic carbocycles. The van der Waals surface area contributed by atoms with Crippen molar-refractivity contribution in [3.8, 4) is 0 Å². The number of rotatable bonds is 4. The van der Waals surface area contributed by atoms with E-state index in [0.29, 0.717) is 12.2 Å². The molecule has 1 atom stereocenters. The SMILES string of the molecule is NNC(Cc1cccc(Br)c1)c1cc2cccc(F)c2o1. The molecule has 1 unspecified atom stereocenters. The van der Waals surface area contributed by atoms with Crippen molar-refractivity contribution in [2.75, 3.05) is 0 Å². The normalized spacial score (nSPS) is 12.7. The molecule has 3 rings (SSSR count). The van der Waals surface area contributed by atoms with Gasteiger partial charge in [-0.15, -0.1) is 0 Å². The highest BCUT2D eigenvalue weighted by molar-refractivity contribution is 9.10. The van der Waals surface area contributed by atoms with Gasteiger partial charge in [0.15, 0.2) is 11.4 Å². The Morgan fingerprint density at radius 3 is 2.71 bits per heavy atom. The number of benzene rings is 2. The van der Waals surface area contributed by atoms with E-state index in [9.17, 15) is 4.39 Å². The van der Waals surface area contributed by atoms with Crippen molar-refractivity contribution >= 4 is 26.9 Å². The third-order valence-corrected chi connectivity index (χ3v) is 3.88. The molecule has 21 heavy (non-hydrogen) atoms. The van der Waals surface area contributed by atoms with Gasteiger partial charge in [0.1, 0.15) is 5.76 Å². The number of hydrazine groups is 1. The molecule has 0 bridgehead atoms. The zero-order valence-electron chi connectivity index (χ0n) is 11.1. The minimum atomic E-state index is -0.364. The van der Waals surface area contributed by atoms with Crippen LogP contribution in [0.4, 0.5) is 4.39 Å². The van der Waals surface area contributed by atoms with Gasteiger partial charge in [0, 0.05) is 9.86 Å². The molecule has 0 saturated carbocycles. The summed E-state index contributed by atoms with van der Waals surface area (Å²) in [7, 11) is 0. The van der Waals surface area contributed by atoms with E-state index in [1.807, 2.05) is 36.4 Å². The summed E-state index contributed by atoms with van der Waals surface area (Å²) >= 11 is 3.44. The van der Waals surface area contributed by atoms with Crippen LogP contribution in [0.2, 0.25) is 0 Å². The van der Waals surface area contributed by atoms with Gasteiger partial charge in [-0.05, 0) is 36.2 Å². The van der Waals surface area contributed by atoms with E-state index in [-0.39, 0.29) is 17.4 Å². The van der Waals surface area contributed by atoms with Crippen molar-refractivity contribution in [3.05, 3.63) is 70.1 Å². The number of nitrogens with one attached hydrogen (secondary N) is 1. The number of hydrogen-bond acceptors (Lipinski definition) is 3. The van der Waals surface area contributed by atoms with Crippen LogP contribution in [-0.4, -0.2) is 0 Å². The molecule has 0 aliphatic rings. The van der Waals surface area contributed by atoms with Crippen molar-refractivity contribution in [2.45, 2.75) is 12.5 Å². The molecule has 3 N–H and O–H groups in total. The molecule has 1 aromatic heterocycles. The smallest absolute Gasteiger partial charge is 0.169 e. The summed E-state index contributed by atoms with van der Waals surface area (Å²) in [6.45, 7) is 0. The third kappa shape index (κ3) is 3.00. The lowest BCUT2D eigenvalue weighted by molar-refractivity contribution is 0.427. The third-order valence-electron chi connectivity index (χ3n) is 3.39. The number of halogens is 2. The Kier molecular flexibility index (Phi) is 4.05. The van der Waals surface area contributed by atoms with Gasteiger partial charge >= 0.3 is 0 Å². The van der Waals surface area contributed by atoms with Gasteiger partial charge in [0.2, 0.25) is 0 Å². The highest BCUT2D eigenvalue weighted by atomic mass is 79.9. The number of furan rings is 1. The van der Waals surface area contributed by atoms with Gasteiger partial charge in [0.25, 0.3) is 0 Å². The van der Waals surface area contributed by atoms with Crippen LogP contribution in [-0.2, 0) is 6.42 Å². The maximum absolute atomic E-state index is 13.7. The maximum atomic E-state index is 13.7. The Hall–Kier alpha value is -1.69. The molecule has 0 amide bonds. The molecule has 1 heterocycles. The summed E-state index contributed by atoms with van der Waals surface area (Å²) < 4.78 is 20.3. The summed E-state index contributed by atoms with van der Waals surface area (Å²) in [6, 6.07) is 14.4. The lowest BCUT2D eigenvalue weighted by Gasteiger charge is -2.13. The van der Waals surface area contributed by atoms with Crippen molar-refractivity contribution in [1.82, 2.24) is 5.43 Å². The Morgan fingerprint density at radius 1 is 1.19 bits per heavy atom. The van der Waals surface area contributed by atoms with Crippen LogP contribution in [0.1, 0.15) is 17.4 Å². The molecule has 0 spiro atoms. The Balaban J connectivity index is 1.93. The summed E-state index contributed by atoms with van der Waals surface area (Å²) in [5.41, 5.74) is 4.11. The van der Waals surface area contributed by atoms with Crippen molar-refractivity contribution < 1.29 is 8.81 Å². The first kappa shape index (κ1) is 14.3. The van der Waals surface area contributed by atoms with Crippen molar-refractivity contribution in [3.63, 3.8) is 0 Å². The Bertz CT molecular complexity index is 772. The van der Waals surface area contributed by atoms with Gasteiger partial charge < -0.3 is 4.42 Å². The van der Waals surface area contributed by atoms with Crippen LogP contribution in [0.15, 0.2) is 57.4 Å². The van der Waals surface area contributed by atoms with Crippen LogP contribution in [0.25, 0.3) is 11.0 Å². The first-order chi connectivity index (χ1) is 10.2. The highest BCUT2D eigenvalue weighted by Crippen LogP contribution is 2.28. The van der Waals surface area contributed by atoms with E-state index in [2.05, 4.69) is 21.4 Å². The summed E-state index contributed by atoms with van der Waals surface area (Å²) in [5, 5.41) is 0.736. The first-order valence-corrected chi connectivity index (χ1v) is 7.35. The van der Waals surface area contributed by atoms with Gasteiger partial charge in [-0.2, -0.15) is 0 Å². The van der Waals surface area contributed by atoms with E-state index in [4.69, 9.17) is 10.3 Å². The van der Waals surface area contributed by atoms with E-state index in [0.717, 1.165) is 15.4 Å². The average molecular weight is 349 g/mol. The van der Waals surface area contributed by atoms with Gasteiger partial charge in [-0.3, -0.25) is 5.84 Å². The van der Waals surface area contributed by atoms with Gasteiger partial charge in [-0.1, -0.05) is 40.2 Å². The lowest BCUT2D eigenvalue weighted by atomic mass is 10.0. The fourth-order valence-corrected chi connectivity index (χ4v) is 2.81. The zero-order valence-corrected chi connectivity index (χ0v) is 12.7. The standard InChI is InChI=1S/C16H14BrFN2O/c17-12-5-1-3-10(7-12)8-14(20-19)15-9-11-4-2-6-13(18)16(11)21-15/h1-7,9,14,20H,8,19H2. The minimum absolute atomic E-state index is 0.217. The maximum Gasteiger partial charge on any atom is 0.169 e. The summed E-state index contributed by atoms with van der Waals surface area (Å²) in [5.74, 6) is 5.89. The summed E-state index contributed by atoms with van der Waals surface area (Å²) in [4.78, 5) is 0. The predicted molar refractivity (Wildman–Crippen MR) is 84.1 cm³/mol. The molecular formula is C16H14BrFN2O. The number of fused-ring (bicyclic) bond motifs is 1. The van der Waals surface area contributed by atoms with E-state index < -0.39 is 0 Å². The molecule has 108 valence electrons. The molecule has 0 fully saturated rings. The van der Waals surface area contributed by atoms with E-state index in [1.54, 1.807) is 6.07 Å². The minimum Gasteiger partial charge on any atom is -0.456 e. The molecule has 3 nitrogen and oxygen atoms in total. The fraction of sp³-hybridized carbons (Fsp3) is 0.125. The number of para-hydroxylation sites is 1. The van der Waals surface area contributed by atoms with Crippen LogP contribution in [0, 0.1) is 5.82 Å². The molecule has 0 aliphatic carbocycles.